The highest BCUT2D eigenvalue weighted by atomic mass is 16.6. The van der Waals surface area contributed by atoms with E-state index in [0.717, 1.165) is 48.0 Å². The van der Waals surface area contributed by atoms with Gasteiger partial charge in [-0.25, -0.2) is 4.98 Å². The summed E-state index contributed by atoms with van der Waals surface area (Å²) < 4.78 is 0. The first-order valence-electron chi connectivity index (χ1n) is 11.3. The molecule has 1 aliphatic carbocycles. The van der Waals surface area contributed by atoms with Gasteiger partial charge >= 0.3 is 0 Å². The number of non-ortho nitro benzene ring substituents is 1. The lowest BCUT2D eigenvalue weighted by Gasteiger charge is -2.29. The number of nitro groups is 1. The lowest BCUT2D eigenvalue weighted by atomic mass is 9.91. The van der Waals surface area contributed by atoms with Gasteiger partial charge in [-0.1, -0.05) is 12.1 Å². The van der Waals surface area contributed by atoms with Crippen LogP contribution in [0.2, 0.25) is 0 Å². The van der Waals surface area contributed by atoms with E-state index < -0.39 is 4.92 Å². The minimum absolute atomic E-state index is 0.0269. The maximum atomic E-state index is 12.3. The summed E-state index contributed by atoms with van der Waals surface area (Å²) in [5.41, 5.74) is 1.67. The van der Waals surface area contributed by atoms with Gasteiger partial charge in [0.2, 0.25) is 11.9 Å². The zero-order valence-corrected chi connectivity index (χ0v) is 19.3. The molecule has 2 N–H and O–H groups in total. The highest BCUT2D eigenvalue weighted by Gasteiger charge is 2.23. The summed E-state index contributed by atoms with van der Waals surface area (Å²) in [6, 6.07) is 14.4. The molecule has 1 aliphatic rings. The van der Waals surface area contributed by atoms with Gasteiger partial charge in [-0.3, -0.25) is 14.9 Å². The molecule has 34 heavy (non-hydrogen) atoms. The summed E-state index contributed by atoms with van der Waals surface area (Å²) >= 11 is 0. The van der Waals surface area contributed by atoms with Gasteiger partial charge in [-0.15, -0.1) is 0 Å². The van der Waals surface area contributed by atoms with Crippen molar-refractivity contribution in [2.75, 3.05) is 24.3 Å². The smallest absolute Gasteiger partial charge is 0.269 e. The third kappa shape index (κ3) is 5.67. The molecule has 4 rings (SSSR count). The third-order valence-electron chi connectivity index (χ3n) is 5.94. The summed E-state index contributed by atoms with van der Waals surface area (Å²) in [5.74, 6) is 1.35. The fourth-order valence-corrected chi connectivity index (χ4v) is 4.16. The van der Waals surface area contributed by atoms with Crippen LogP contribution in [0.15, 0.2) is 54.6 Å². The van der Waals surface area contributed by atoms with E-state index in [9.17, 15) is 14.9 Å². The standard InChI is InChI=1S/C25H28N6O3/c1-30(2)24-21-5-3-4-6-22(21)28-25(29-24)27-19-12-10-18(11-13-19)26-23(32)16-9-17-7-14-20(15-8-17)31(33)34/h3-9,14-16,18-19H,10-13H2,1-2H3,(H,26,32)(H,27,28,29)/b16-9+. The molecule has 0 atom stereocenters. The normalized spacial score (nSPS) is 18.1. The number of para-hydroxylation sites is 1. The number of aromatic nitrogens is 2. The Labute approximate surface area is 198 Å². The van der Waals surface area contributed by atoms with Crippen molar-refractivity contribution in [2.24, 2.45) is 0 Å². The molecule has 0 unspecified atom stereocenters. The van der Waals surface area contributed by atoms with Crippen molar-refractivity contribution in [1.82, 2.24) is 15.3 Å². The van der Waals surface area contributed by atoms with Gasteiger partial charge in [0.15, 0.2) is 0 Å². The summed E-state index contributed by atoms with van der Waals surface area (Å²) in [6.07, 6.45) is 6.67. The number of nitro benzene ring substituents is 1. The highest BCUT2D eigenvalue weighted by molar-refractivity contribution is 5.92. The van der Waals surface area contributed by atoms with Crippen LogP contribution < -0.4 is 15.5 Å². The Morgan fingerprint density at radius 3 is 2.38 bits per heavy atom. The van der Waals surface area contributed by atoms with Gasteiger partial charge in [0.25, 0.3) is 5.69 Å². The predicted octanol–water partition coefficient (Wildman–Crippen LogP) is 4.16. The topological polar surface area (TPSA) is 113 Å². The zero-order valence-electron chi connectivity index (χ0n) is 19.3. The van der Waals surface area contributed by atoms with Crippen molar-refractivity contribution in [3.05, 3.63) is 70.3 Å². The average molecular weight is 461 g/mol. The van der Waals surface area contributed by atoms with Crippen molar-refractivity contribution in [3.63, 3.8) is 0 Å². The van der Waals surface area contributed by atoms with Crippen LogP contribution in [-0.2, 0) is 4.79 Å². The SMILES string of the molecule is CN(C)c1nc(NC2CCC(NC(=O)/C=C/c3ccc([N+](=O)[O-])cc3)CC2)nc2ccccc12. The molecule has 1 fully saturated rings. The number of carbonyl (C=O) groups is 1. The first kappa shape index (κ1) is 23.2. The van der Waals surface area contributed by atoms with Gasteiger partial charge in [-0.05, 0) is 61.6 Å². The first-order valence-corrected chi connectivity index (χ1v) is 11.3. The molecule has 9 heteroatoms. The minimum Gasteiger partial charge on any atom is -0.362 e. The first-order chi connectivity index (χ1) is 16.4. The Morgan fingerprint density at radius 1 is 1.03 bits per heavy atom. The second-order valence-corrected chi connectivity index (χ2v) is 8.67. The van der Waals surface area contributed by atoms with Crippen molar-refractivity contribution in [1.29, 1.82) is 0 Å². The quantitative estimate of drug-likeness (QED) is 0.309. The van der Waals surface area contributed by atoms with Crippen molar-refractivity contribution < 1.29 is 9.72 Å². The van der Waals surface area contributed by atoms with Crippen LogP contribution in [-0.4, -0.2) is 47.0 Å². The molecule has 0 saturated heterocycles. The Morgan fingerprint density at radius 2 is 1.71 bits per heavy atom. The van der Waals surface area contributed by atoms with Gasteiger partial charge in [0, 0.05) is 49.8 Å². The Bertz CT molecular complexity index is 1200. The highest BCUT2D eigenvalue weighted by Crippen LogP contribution is 2.26. The van der Waals surface area contributed by atoms with E-state index >= 15 is 0 Å². The largest absolute Gasteiger partial charge is 0.362 e. The monoisotopic (exact) mass is 460 g/mol. The second kappa shape index (κ2) is 10.3. The summed E-state index contributed by atoms with van der Waals surface area (Å²) in [7, 11) is 3.95. The number of fused-ring (bicyclic) bond motifs is 1. The third-order valence-corrected chi connectivity index (χ3v) is 5.94. The molecule has 1 saturated carbocycles. The van der Waals surface area contributed by atoms with Crippen molar-refractivity contribution >= 4 is 40.3 Å². The number of nitrogens with one attached hydrogen (secondary N) is 2. The van der Waals surface area contributed by atoms with E-state index in [0.29, 0.717) is 5.95 Å². The molecule has 3 aromatic rings. The van der Waals surface area contributed by atoms with E-state index in [-0.39, 0.29) is 23.7 Å². The molecule has 1 heterocycles. The summed E-state index contributed by atoms with van der Waals surface area (Å²) in [6.45, 7) is 0. The number of carbonyl (C=O) groups excluding carboxylic acids is 1. The molecule has 1 aromatic heterocycles. The van der Waals surface area contributed by atoms with Crippen LogP contribution >= 0.6 is 0 Å². The van der Waals surface area contributed by atoms with Crippen LogP contribution in [0.3, 0.4) is 0 Å². The second-order valence-electron chi connectivity index (χ2n) is 8.67. The molecule has 176 valence electrons. The van der Waals surface area contributed by atoms with E-state index in [4.69, 9.17) is 4.98 Å². The predicted molar refractivity (Wildman–Crippen MR) is 134 cm³/mol. The lowest BCUT2D eigenvalue weighted by Crippen LogP contribution is -2.39. The van der Waals surface area contributed by atoms with Crippen LogP contribution in [0.5, 0.6) is 0 Å². The summed E-state index contributed by atoms with van der Waals surface area (Å²) in [4.78, 5) is 34.0. The van der Waals surface area contributed by atoms with Gasteiger partial charge in [0.05, 0.1) is 10.4 Å². The Balaban J connectivity index is 1.29. The number of anilines is 2. The molecule has 1 amide bonds. The molecule has 0 spiro atoms. The number of nitrogens with zero attached hydrogens (tertiary/aromatic N) is 4. The van der Waals surface area contributed by atoms with Gasteiger partial charge in [-0.2, -0.15) is 4.98 Å². The minimum atomic E-state index is -0.446. The van der Waals surface area contributed by atoms with E-state index in [1.807, 2.05) is 43.3 Å². The summed E-state index contributed by atoms with van der Waals surface area (Å²) in [5, 5.41) is 18.3. The lowest BCUT2D eigenvalue weighted by molar-refractivity contribution is -0.384. The molecular formula is C25H28N6O3. The maximum absolute atomic E-state index is 12.3. The number of amides is 1. The molecule has 0 bridgehead atoms. The van der Waals surface area contributed by atoms with E-state index in [1.54, 1.807) is 18.2 Å². The Kier molecular flexibility index (Phi) is 7.01. The van der Waals surface area contributed by atoms with E-state index in [2.05, 4.69) is 15.6 Å². The van der Waals surface area contributed by atoms with Crippen LogP contribution in [0, 0.1) is 10.1 Å². The number of hydrogen-bond donors (Lipinski definition) is 2. The van der Waals surface area contributed by atoms with Crippen LogP contribution in [0.25, 0.3) is 17.0 Å². The molecule has 9 nitrogen and oxygen atoms in total. The van der Waals surface area contributed by atoms with Crippen molar-refractivity contribution in [2.45, 2.75) is 37.8 Å². The van der Waals surface area contributed by atoms with Crippen LogP contribution in [0.1, 0.15) is 31.2 Å². The Hall–Kier alpha value is -4.01. The number of rotatable bonds is 7. The molecule has 0 radical (unpaired) electrons. The van der Waals surface area contributed by atoms with E-state index in [1.165, 1.54) is 18.2 Å². The fraction of sp³-hybridized carbons (Fsp3) is 0.320. The maximum Gasteiger partial charge on any atom is 0.269 e. The molecular weight excluding hydrogens is 432 g/mol. The average Bonchev–Trinajstić information content (AvgIpc) is 2.83. The van der Waals surface area contributed by atoms with Crippen LogP contribution in [0.4, 0.5) is 17.5 Å². The molecule has 2 aromatic carbocycles. The number of hydrogen-bond acceptors (Lipinski definition) is 7. The fourth-order valence-electron chi connectivity index (χ4n) is 4.16. The number of benzene rings is 2. The van der Waals surface area contributed by atoms with Crippen molar-refractivity contribution in [3.8, 4) is 0 Å². The van der Waals surface area contributed by atoms with Gasteiger partial charge < -0.3 is 15.5 Å². The van der Waals surface area contributed by atoms with Gasteiger partial charge in [0.1, 0.15) is 5.82 Å². The molecule has 0 aliphatic heterocycles. The zero-order chi connectivity index (χ0) is 24.1.